The molecule has 1 saturated heterocycles. The topological polar surface area (TPSA) is 146 Å². The highest BCUT2D eigenvalue weighted by Gasteiger charge is 2.37. The number of halogens is 7. The van der Waals surface area contributed by atoms with E-state index in [1.807, 2.05) is 6.92 Å². The van der Waals surface area contributed by atoms with Crippen LogP contribution in [0.5, 0.6) is 0 Å². The number of nitrogens with zero attached hydrogens (tertiary/aromatic N) is 5. The molecule has 4 aliphatic rings. The van der Waals surface area contributed by atoms with Gasteiger partial charge in [0, 0.05) is 73.5 Å². The third kappa shape index (κ3) is 8.06. The Morgan fingerprint density at radius 3 is 2.12 bits per heavy atom. The van der Waals surface area contributed by atoms with Crippen LogP contribution in [0.25, 0.3) is 0 Å². The molecule has 57 heavy (non-hydrogen) atoms. The van der Waals surface area contributed by atoms with Gasteiger partial charge in [-0.15, -0.1) is 0 Å². The Balaban J connectivity index is 0.000000175. The van der Waals surface area contributed by atoms with Crippen LogP contribution in [-0.2, 0) is 24.1 Å². The number of hydrogen-bond acceptors (Lipinski definition) is 8. The number of ether oxygens (including phenoxy) is 1. The maximum absolute atomic E-state index is 13.6. The van der Waals surface area contributed by atoms with Gasteiger partial charge in [0.1, 0.15) is 5.76 Å². The van der Waals surface area contributed by atoms with E-state index in [1.165, 1.54) is 9.80 Å². The van der Waals surface area contributed by atoms with Gasteiger partial charge < -0.3 is 34.2 Å². The molecule has 0 radical (unpaired) electrons. The molecule has 20 heteroatoms. The SMILES string of the molecule is C[C@H]1c2c(noc2C2CCCC2)CCN1C(=O)Nc1cc(F)c(F)c(F)c1.O=C(Nc1cc(F)c(F)c(C(F)F)c1)N1CCc2noc(N3CCCOC3=O)c2C1. The van der Waals surface area contributed by atoms with Crippen molar-refractivity contribution in [3.8, 4) is 0 Å². The fourth-order valence-corrected chi connectivity index (χ4v) is 7.49. The Morgan fingerprint density at radius 2 is 1.44 bits per heavy atom. The number of carbonyl (C=O) groups excluding carboxylic acids is 3. The van der Waals surface area contributed by atoms with Crippen molar-refractivity contribution in [2.75, 3.05) is 41.8 Å². The molecular formula is C37H36F7N7O6. The van der Waals surface area contributed by atoms with Crippen LogP contribution in [-0.4, -0.2) is 64.5 Å². The highest BCUT2D eigenvalue weighted by molar-refractivity contribution is 5.91. The summed E-state index contributed by atoms with van der Waals surface area (Å²) in [5.74, 6) is -6.04. The number of carbonyl (C=O) groups is 3. The Bertz CT molecular complexity index is 2150. The first-order chi connectivity index (χ1) is 27.3. The van der Waals surface area contributed by atoms with Gasteiger partial charge in [0.25, 0.3) is 6.43 Å². The molecule has 13 nitrogen and oxygen atoms in total. The van der Waals surface area contributed by atoms with Crippen LogP contribution in [0.1, 0.15) is 91.3 Å². The van der Waals surface area contributed by atoms with Gasteiger partial charge in [0.15, 0.2) is 29.1 Å². The Hall–Kier alpha value is -5.82. The summed E-state index contributed by atoms with van der Waals surface area (Å²) >= 11 is 0. The molecule has 4 aromatic rings. The van der Waals surface area contributed by atoms with Gasteiger partial charge in [-0.2, -0.15) is 0 Å². The molecule has 5 heterocycles. The smallest absolute Gasteiger partial charge is 0.416 e. The average molecular weight is 808 g/mol. The van der Waals surface area contributed by atoms with E-state index in [0.29, 0.717) is 68.3 Å². The van der Waals surface area contributed by atoms with Gasteiger partial charge in [-0.25, -0.2) is 50.0 Å². The number of aromatic nitrogens is 2. The molecule has 0 bridgehead atoms. The number of amides is 5. The van der Waals surface area contributed by atoms with Gasteiger partial charge in [-0.1, -0.05) is 23.2 Å². The Morgan fingerprint density at radius 1 is 0.807 bits per heavy atom. The molecule has 0 spiro atoms. The first kappa shape index (κ1) is 39.4. The summed E-state index contributed by atoms with van der Waals surface area (Å²) in [6, 6.07) is 1.36. The van der Waals surface area contributed by atoms with Crippen LogP contribution < -0.4 is 15.5 Å². The Kier molecular flexibility index (Phi) is 11.3. The van der Waals surface area contributed by atoms with Crippen molar-refractivity contribution in [1.29, 1.82) is 0 Å². The predicted molar refractivity (Wildman–Crippen MR) is 186 cm³/mol. The molecule has 1 saturated carbocycles. The van der Waals surface area contributed by atoms with Crippen molar-refractivity contribution in [3.05, 3.63) is 87.2 Å². The summed E-state index contributed by atoms with van der Waals surface area (Å²) in [6.07, 6.45) is 2.07. The zero-order valence-corrected chi connectivity index (χ0v) is 30.4. The minimum atomic E-state index is -3.24. The second kappa shape index (κ2) is 16.3. The molecule has 2 fully saturated rings. The summed E-state index contributed by atoms with van der Waals surface area (Å²) in [4.78, 5) is 41.4. The van der Waals surface area contributed by atoms with Crippen molar-refractivity contribution >= 4 is 35.4 Å². The van der Waals surface area contributed by atoms with E-state index >= 15 is 0 Å². The number of anilines is 3. The lowest BCUT2D eigenvalue weighted by molar-refractivity contribution is 0.137. The molecule has 8 rings (SSSR count). The van der Waals surface area contributed by atoms with E-state index in [2.05, 4.69) is 20.9 Å². The summed E-state index contributed by atoms with van der Waals surface area (Å²) in [5, 5.41) is 12.9. The van der Waals surface area contributed by atoms with Crippen molar-refractivity contribution < 1.29 is 58.9 Å². The minimum Gasteiger partial charge on any atom is -0.449 e. The first-order valence-corrected chi connectivity index (χ1v) is 18.3. The van der Waals surface area contributed by atoms with Crippen LogP contribution in [0.15, 0.2) is 33.3 Å². The van der Waals surface area contributed by atoms with E-state index < -0.39 is 59.2 Å². The fourth-order valence-electron chi connectivity index (χ4n) is 7.49. The molecule has 2 aromatic carbocycles. The number of urea groups is 2. The predicted octanol–water partition coefficient (Wildman–Crippen LogP) is 8.73. The molecule has 1 aliphatic carbocycles. The van der Waals surface area contributed by atoms with Crippen LogP contribution in [0.4, 0.5) is 62.4 Å². The molecule has 5 amide bonds. The van der Waals surface area contributed by atoms with Gasteiger partial charge in [-0.3, -0.25) is 0 Å². The van der Waals surface area contributed by atoms with Gasteiger partial charge in [-0.05, 0) is 32.3 Å². The van der Waals surface area contributed by atoms with E-state index in [-0.39, 0.29) is 36.4 Å². The number of alkyl halides is 2. The number of hydrogen-bond donors (Lipinski definition) is 2. The fraction of sp³-hybridized carbons (Fsp3) is 0.432. The summed E-state index contributed by atoms with van der Waals surface area (Å²) in [5.41, 5.74) is 1.35. The third-order valence-electron chi connectivity index (χ3n) is 10.4. The average Bonchev–Trinajstić information content (AvgIpc) is 3.96. The van der Waals surface area contributed by atoms with Crippen LogP contribution in [0.3, 0.4) is 0 Å². The highest BCUT2D eigenvalue weighted by Crippen LogP contribution is 2.42. The number of fused-ring (bicyclic) bond motifs is 2. The third-order valence-corrected chi connectivity index (χ3v) is 10.4. The molecule has 2 N–H and O–H groups in total. The lowest BCUT2D eigenvalue weighted by Crippen LogP contribution is -2.41. The van der Waals surface area contributed by atoms with Gasteiger partial charge in [0.05, 0.1) is 41.7 Å². The summed E-state index contributed by atoms with van der Waals surface area (Å²) in [6.45, 7) is 3.21. The van der Waals surface area contributed by atoms with Gasteiger partial charge in [0.2, 0.25) is 5.88 Å². The first-order valence-electron chi connectivity index (χ1n) is 18.3. The van der Waals surface area contributed by atoms with E-state index in [4.69, 9.17) is 13.8 Å². The van der Waals surface area contributed by atoms with Crippen molar-refractivity contribution in [3.63, 3.8) is 0 Å². The number of rotatable bonds is 5. The van der Waals surface area contributed by atoms with E-state index in [1.54, 1.807) is 4.90 Å². The zero-order valence-electron chi connectivity index (χ0n) is 30.4. The standard InChI is InChI=1S/C19H20F3N3O2.C18H16F4N4O4/c1-10-16-15(24-27-18(16)11-4-2-3-5-11)6-7-25(10)19(26)23-12-8-13(20)17(22)14(21)9-12;19-12-7-9(6-10(14(12)20)15(21)22)23-17(27)25-4-2-13-11(8-25)16(30-24-13)26-3-1-5-29-18(26)28/h8-11H,2-7H2,1H3,(H,23,26);6-7,15H,1-5,8H2,(H,23,27)/t10-;/m0./s1. The number of benzene rings is 2. The lowest BCUT2D eigenvalue weighted by Gasteiger charge is -2.33. The highest BCUT2D eigenvalue weighted by atomic mass is 19.3. The van der Waals surface area contributed by atoms with Crippen molar-refractivity contribution in [2.45, 2.75) is 76.8 Å². The molecule has 1 atom stereocenters. The van der Waals surface area contributed by atoms with Crippen molar-refractivity contribution in [1.82, 2.24) is 20.1 Å². The maximum atomic E-state index is 13.6. The van der Waals surface area contributed by atoms with Crippen molar-refractivity contribution in [2.24, 2.45) is 0 Å². The summed E-state index contributed by atoms with van der Waals surface area (Å²) < 4.78 is 109. The second-order valence-electron chi connectivity index (χ2n) is 14.0. The number of nitrogens with one attached hydrogen (secondary N) is 2. The molecule has 2 aromatic heterocycles. The van der Waals surface area contributed by atoms with Crippen LogP contribution in [0.2, 0.25) is 0 Å². The normalized spacial score (nSPS) is 18.2. The Labute approximate surface area is 320 Å². The minimum absolute atomic E-state index is 0.0230. The number of cyclic esters (lactones) is 1. The largest absolute Gasteiger partial charge is 0.449 e. The van der Waals surface area contributed by atoms with Crippen LogP contribution in [0, 0.1) is 29.1 Å². The van der Waals surface area contributed by atoms with E-state index in [0.717, 1.165) is 54.8 Å². The van der Waals surface area contributed by atoms with E-state index in [9.17, 15) is 45.1 Å². The summed E-state index contributed by atoms with van der Waals surface area (Å²) in [7, 11) is 0. The van der Waals surface area contributed by atoms with Crippen LogP contribution >= 0.6 is 0 Å². The lowest BCUT2D eigenvalue weighted by atomic mass is 9.92. The molecule has 0 unspecified atom stereocenters. The van der Waals surface area contributed by atoms with Gasteiger partial charge >= 0.3 is 18.2 Å². The quantitative estimate of drug-likeness (QED) is 0.150. The maximum Gasteiger partial charge on any atom is 0.416 e. The second-order valence-corrected chi connectivity index (χ2v) is 14.0. The molecule has 3 aliphatic heterocycles. The monoisotopic (exact) mass is 807 g/mol. The zero-order chi connectivity index (χ0) is 40.5. The molecular weight excluding hydrogens is 771 g/mol. The molecule has 304 valence electrons.